The quantitative estimate of drug-likeness (QED) is 0.681. The highest BCUT2D eigenvalue weighted by Gasteiger charge is 2.13. The molecule has 0 bridgehead atoms. The predicted octanol–water partition coefficient (Wildman–Crippen LogP) is 4.94. The summed E-state index contributed by atoms with van der Waals surface area (Å²) in [5, 5.41) is 3.59. The molecule has 114 valence electrons. The number of hydrogen-bond donors (Lipinski definition) is 1. The minimum Gasteiger partial charge on any atom is -0.316 e. The van der Waals surface area contributed by atoms with Gasteiger partial charge in [-0.05, 0) is 50.4 Å². The number of rotatable bonds is 8. The molecule has 0 saturated heterocycles. The highest BCUT2D eigenvalue weighted by atomic mass is 32.1. The Labute approximate surface area is 133 Å². The van der Waals surface area contributed by atoms with Crippen LogP contribution in [0.5, 0.6) is 0 Å². The van der Waals surface area contributed by atoms with E-state index in [-0.39, 0.29) is 0 Å². The van der Waals surface area contributed by atoms with Crippen molar-refractivity contribution >= 4 is 11.3 Å². The van der Waals surface area contributed by atoms with Crippen molar-refractivity contribution in [3.05, 3.63) is 57.3 Å². The number of benzene rings is 1. The summed E-state index contributed by atoms with van der Waals surface area (Å²) in [6.45, 7) is 8.78. The Bertz CT molecular complexity index is 527. The molecule has 1 nitrogen and oxygen atoms in total. The molecule has 0 radical (unpaired) electrons. The molecule has 21 heavy (non-hydrogen) atoms. The van der Waals surface area contributed by atoms with Gasteiger partial charge in [-0.15, -0.1) is 11.3 Å². The van der Waals surface area contributed by atoms with Crippen molar-refractivity contribution in [1.82, 2.24) is 5.32 Å². The van der Waals surface area contributed by atoms with Crippen LogP contribution in [0.15, 0.2) is 36.4 Å². The third-order valence-electron chi connectivity index (χ3n) is 3.88. The van der Waals surface area contributed by atoms with E-state index in [1.807, 2.05) is 11.3 Å². The van der Waals surface area contributed by atoms with Gasteiger partial charge in [0.15, 0.2) is 0 Å². The first-order chi connectivity index (χ1) is 10.2. The van der Waals surface area contributed by atoms with E-state index >= 15 is 0 Å². The van der Waals surface area contributed by atoms with Crippen LogP contribution in [0.3, 0.4) is 0 Å². The number of aryl methyl sites for hydroxylation is 2. The van der Waals surface area contributed by atoms with Gasteiger partial charge < -0.3 is 5.32 Å². The lowest BCUT2D eigenvalue weighted by atomic mass is 9.94. The first-order valence-electron chi connectivity index (χ1n) is 8.07. The maximum Gasteiger partial charge on any atom is 0.00547 e. The molecule has 1 atom stereocenters. The maximum absolute atomic E-state index is 3.59. The molecule has 1 heterocycles. The summed E-state index contributed by atoms with van der Waals surface area (Å²) in [6.07, 6.45) is 3.48. The van der Waals surface area contributed by atoms with Crippen LogP contribution >= 0.6 is 11.3 Å². The minimum absolute atomic E-state index is 0.570. The first-order valence-corrected chi connectivity index (χ1v) is 8.89. The Hall–Kier alpha value is -1.12. The fourth-order valence-electron chi connectivity index (χ4n) is 2.56. The van der Waals surface area contributed by atoms with Crippen molar-refractivity contribution in [2.24, 2.45) is 0 Å². The maximum atomic E-state index is 3.59. The van der Waals surface area contributed by atoms with E-state index in [1.54, 1.807) is 0 Å². The fourth-order valence-corrected chi connectivity index (χ4v) is 3.60. The van der Waals surface area contributed by atoms with E-state index < -0.39 is 0 Å². The van der Waals surface area contributed by atoms with E-state index in [0.717, 1.165) is 25.9 Å². The lowest BCUT2D eigenvalue weighted by Crippen LogP contribution is -2.23. The normalized spacial score (nSPS) is 12.5. The van der Waals surface area contributed by atoms with Gasteiger partial charge in [-0.2, -0.15) is 0 Å². The Morgan fingerprint density at radius 1 is 1.00 bits per heavy atom. The van der Waals surface area contributed by atoms with Crippen LogP contribution in [0.1, 0.15) is 47.1 Å². The van der Waals surface area contributed by atoms with Crippen LogP contribution in [0, 0.1) is 6.92 Å². The van der Waals surface area contributed by atoms with E-state index in [1.165, 1.54) is 27.3 Å². The summed E-state index contributed by atoms with van der Waals surface area (Å²) in [5.74, 6) is 0.570. The zero-order valence-corrected chi connectivity index (χ0v) is 14.3. The van der Waals surface area contributed by atoms with Gasteiger partial charge in [0.25, 0.3) is 0 Å². The molecule has 2 heteroatoms. The molecular weight excluding hydrogens is 274 g/mol. The van der Waals surface area contributed by atoms with Crippen LogP contribution in [-0.2, 0) is 12.8 Å². The van der Waals surface area contributed by atoms with Crippen molar-refractivity contribution in [1.29, 1.82) is 0 Å². The molecule has 0 spiro atoms. The first kappa shape index (κ1) is 16.3. The largest absolute Gasteiger partial charge is 0.316 e. The molecule has 1 unspecified atom stereocenters. The molecule has 0 fully saturated rings. The lowest BCUT2D eigenvalue weighted by Gasteiger charge is -2.18. The Balaban J connectivity index is 2.09. The molecule has 1 N–H and O–H groups in total. The second-order valence-corrected chi connectivity index (χ2v) is 6.99. The Morgan fingerprint density at radius 3 is 2.33 bits per heavy atom. The molecular formula is C19H27NS. The third kappa shape index (κ3) is 4.98. The monoisotopic (exact) mass is 301 g/mol. The molecule has 0 saturated carbocycles. The smallest absolute Gasteiger partial charge is 0.00547 e. The highest BCUT2D eigenvalue weighted by molar-refractivity contribution is 7.11. The zero-order chi connectivity index (χ0) is 15.1. The van der Waals surface area contributed by atoms with E-state index in [2.05, 4.69) is 62.5 Å². The second kappa shape index (κ2) is 8.35. The molecule has 1 aromatic heterocycles. The molecule has 2 rings (SSSR count). The average Bonchev–Trinajstić information content (AvgIpc) is 2.95. The van der Waals surface area contributed by atoms with Gasteiger partial charge in [0, 0.05) is 22.2 Å². The third-order valence-corrected chi connectivity index (χ3v) is 5.13. The van der Waals surface area contributed by atoms with Gasteiger partial charge in [-0.3, -0.25) is 0 Å². The standard InChI is InChI=1S/C19H27NS/c1-4-12-20-14-17(16-8-6-15(3)7-9-16)13-19-11-10-18(5-2)21-19/h6-11,17,20H,4-5,12-14H2,1-3H3. The van der Waals surface area contributed by atoms with Crippen LogP contribution in [-0.4, -0.2) is 13.1 Å². The molecule has 1 aromatic carbocycles. The lowest BCUT2D eigenvalue weighted by molar-refractivity contribution is 0.579. The summed E-state index contributed by atoms with van der Waals surface area (Å²) < 4.78 is 0. The number of hydrogen-bond acceptors (Lipinski definition) is 2. The summed E-state index contributed by atoms with van der Waals surface area (Å²) in [5.41, 5.74) is 2.79. The molecule has 0 aliphatic rings. The fraction of sp³-hybridized carbons (Fsp3) is 0.474. The van der Waals surface area contributed by atoms with Gasteiger partial charge in [-0.1, -0.05) is 43.7 Å². The topological polar surface area (TPSA) is 12.0 Å². The second-order valence-electron chi connectivity index (χ2n) is 5.74. The SMILES string of the molecule is CCCNCC(Cc1ccc(CC)s1)c1ccc(C)cc1. The average molecular weight is 301 g/mol. The molecule has 0 aliphatic heterocycles. The summed E-state index contributed by atoms with van der Waals surface area (Å²) in [6, 6.07) is 13.6. The Kier molecular flexibility index (Phi) is 6.47. The molecule has 2 aromatic rings. The van der Waals surface area contributed by atoms with E-state index in [9.17, 15) is 0 Å². The van der Waals surface area contributed by atoms with Crippen LogP contribution in [0.4, 0.5) is 0 Å². The van der Waals surface area contributed by atoms with Gasteiger partial charge in [0.1, 0.15) is 0 Å². The van der Waals surface area contributed by atoms with E-state index in [4.69, 9.17) is 0 Å². The van der Waals surface area contributed by atoms with Crippen LogP contribution < -0.4 is 5.32 Å². The van der Waals surface area contributed by atoms with Gasteiger partial charge in [-0.25, -0.2) is 0 Å². The van der Waals surface area contributed by atoms with E-state index in [0.29, 0.717) is 5.92 Å². The van der Waals surface area contributed by atoms with Crippen molar-refractivity contribution in [2.45, 2.75) is 46.0 Å². The van der Waals surface area contributed by atoms with Gasteiger partial charge >= 0.3 is 0 Å². The number of nitrogens with one attached hydrogen (secondary N) is 1. The summed E-state index contributed by atoms with van der Waals surface area (Å²) in [4.78, 5) is 3.00. The van der Waals surface area contributed by atoms with Crippen molar-refractivity contribution in [2.75, 3.05) is 13.1 Å². The molecule has 0 aliphatic carbocycles. The van der Waals surface area contributed by atoms with Gasteiger partial charge in [0.2, 0.25) is 0 Å². The Morgan fingerprint density at radius 2 is 1.71 bits per heavy atom. The van der Waals surface area contributed by atoms with Crippen LogP contribution in [0.25, 0.3) is 0 Å². The summed E-state index contributed by atoms with van der Waals surface area (Å²) >= 11 is 1.97. The molecule has 0 amide bonds. The highest BCUT2D eigenvalue weighted by Crippen LogP contribution is 2.26. The minimum atomic E-state index is 0.570. The van der Waals surface area contributed by atoms with Gasteiger partial charge in [0.05, 0.1) is 0 Å². The van der Waals surface area contributed by atoms with Crippen molar-refractivity contribution in [3.63, 3.8) is 0 Å². The predicted molar refractivity (Wildman–Crippen MR) is 94.5 cm³/mol. The zero-order valence-electron chi connectivity index (χ0n) is 13.5. The van der Waals surface area contributed by atoms with Crippen LogP contribution in [0.2, 0.25) is 0 Å². The van der Waals surface area contributed by atoms with Crippen molar-refractivity contribution in [3.8, 4) is 0 Å². The van der Waals surface area contributed by atoms with Crippen molar-refractivity contribution < 1.29 is 0 Å². The summed E-state index contributed by atoms with van der Waals surface area (Å²) in [7, 11) is 0. The number of thiophene rings is 1.